The predicted molar refractivity (Wildman–Crippen MR) is 107 cm³/mol. The first-order chi connectivity index (χ1) is 13.0. The third-order valence-corrected chi connectivity index (χ3v) is 5.11. The van der Waals surface area contributed by atoms with E-state index in [1.807, 2.05) is 56.3 Å². The third kappa shape index (κ3) is 3.41. The van der Waals surface area contributed by atoms with Crippen LogP contribution in [-0.4, -0.2) is 27.8 Å². The van der Waals surface area contributed by atoms with Crippen LogP contribution in [0.4, 0.5) is 5.82 Å². The summed E-state index contributed by atoms with van der Waals surface area (Å²) in [6.07, 6.45) is 0. The summed E-state index contributed by atoms with van der Waals surface area (Å²) in [4.78, 5) is 17.3. The number of amides is 1. The predicted octanol–water partition coefficient (Wildman–Crippen LogP) is 4.36. The van der Waals surface area contributed by atoms with Crippen molar-refractivity contribution >= 4 is 33.3 Å². The van der Waals surface area contributed by atoms with Gasteiger partial charge in [-0.25, -0.2) is 4.98 Å². The van der Waals surface area contributed by atoms with Crippen LogP contribution in [0.1, 0.15) is 21.6 Å². The molecule has 0 aliphatic rings. The van der Waals surface area contributed by atoms with Crippen molar-refractivity contribution in [1.29, 1.82) is 0 Å². The number of carbonyl (C=O) groups is 1. The molecule has 27 heavy (non-hydrogen) atoms. The lowest BCUT2D eigenvalue weighted by Gasteiger charge is -2.07. The van der Waals surface area contributed by atoms with Crippen LogP contribution in [0.2, 0.25) is 0 Å². The average Bonchev–Trinajstić information content (AvgIpc) is 3.23. The van der Waals surface area contributed by atoms with Crippen molar-refractivity contribution in [3.63, 3.8) is 0 Å². The average molecular weight is 378 g/mol. The van der Waals surface area contributed by atoms with Gasteiger partial charge in [0.05, 0.1) is 23.0 Å². The number of benzene rings is 2. The monoisotopic (exact) mass is 378 g/mol. The van der Waals surface area contributed by atoms with E-state index >= 15 is 0 Å². The van der Waals surface area contributed by atoms with Gasteiger partial charge in [0.2, 0.25) is 5.13 Å². The van der Waals surface area contributed by atoms with E-state index in [0.717, 1.165) is 27.2 Å². The molecule has 0 bridgehead atoms. The molecule has 0 spiro atoms. The molecular formula is C20H18N4O2S. The fourth-order valence-electron chi connectivity index (χ4n) is 2.82. The quantitative estimate of drug-likeness (QED) is 0.573. The van der Waals surface area contributed by atoms with Gasteiger partial charge in [-0.1, -0.05) is 29.0 Å². The highest BCUT2D eigenvalue weighted by molar-refractivity contribution is 7.20. The topological polar surface area (TPSA) is 69.0 Å². The molecule has 6 nitrogen and oxygen atoms in total. The Morgan fingerprint density at radius 2 is 2.00 bits per heavy atom. The number of nitrogens with zero attached hydrogens (tertiary/aromatic N) is 3. The molecule has 0 radical (unpaired) electrons. The van der Waals surface area contributed by atoms with E-state index in [4.69, 9.17) is 4.74 Å². The van der Waals surface area contributed by atoms with Crippen LogP contribution < -0.4 is 10.1 Å². The maximum Gasteiger partial charge on any atom is 0.256 e. The Bertz CT molecular complexity index is 1150. The van der Waals surface area contributed by atoms with Crippen molar-refractivity contribution in [3.05, 3.63) is 65.4 Å². The molecule has 0 atom stereocenters. The van der Waals surface area contributed by atoms with Gasteiger partial charge < -0.3 is 10.1 Å². The minimum atomic E-state index is -0.178. The molecule has 0 saturated carbocycles. The van der Waals surface area contributed by atoms with Crippen molar-refractivity contribution in [2.75, 3.05) is 12.4 Å². The zero-order valence-corrected chi connectivity index (χ0v) is 16.0. The van der Waals surface area contributed by atoms with Crippen LogP contribution in [0.5, 0.6) is 5.75 Å². The maximum absolute atomic E-state index is 12.6. The van der Waals surface area contributed by atoms with Gasteiger partial charge in [-0.3, -0.25) is 4.79 Å². The molecule has 2 heterocycles. The second kappa shape index (κ2) is 6.85. The minimum absolute atomic E-state index is 0.178. The molecule has 0 unspecified atom stereocenters. The van der Waals surface area contributed by atoms with E-state index in [1.54, 1.807) is 17.9 Å². The summed E-state index contributed by atoms with van der Waals surface area (Å²) in [5.41, 5.74) is 3.30. The normalized spacial score (nSPS) is 10.9. The van der Waals surface area contributed by atoms with Crippen LogP contribution in [0.15, 0.2) is 48.5 Å². The number of hydrogen-bond donors (Lipinski definition) is 1. The van der Waals surface area contributed by atoms with Crippen molar-refractivity contribution in [3.8, 4) is 10.9 Å². The Morgan fingerprint density at radius 3 is 2.78 bits per heavy atom. The number of hydrogen-bond acceptors (Lipinski definition) is 5. The molecule has 2 aromatic carbocycles. The smallest absolute Gasteiger partial charge is 0.256 e. The molecule has 136 valence electrons. The van der Waals surface area contributed by atoms with Gasteiger partial charge in [0.15, 0.2) is 0 Å². The van der Waals surface area contributed by atoms with Crippen LogP contribution in [0.3, 0.4) is 0 Å². The van der Waals surface area contributed by atoms with E-state index in [-0.39, 0.29) is 5.91 Å². The van der Waals surface area contributed by atoms with Crippen molar-refractivity contribution in [1.82, 2.24) is 14.8 Å². The number of carbonyl (C=O) groups excluding carboxylic acids is 1. The Labute approximate surface area is 160 Å². The van der Waals surface area contributed by atoms with Gasteiger partial charge in [0.1, 0.15) is 11.6 Å². The first-order valence-corrected chi connectivity index (χ1v) is 9.25. The largest absolute Gasteiger partial charge is 0.497 e. The molecule has 0 saturated heterocycles. The molecule has 0 aliphatic carbocycles. The van der Waals surface area contributed by atoms with Gasteiger partial charge in [0, 0.05) is 11.6 Å². The number of ether oxygens (including phenoxy) is 1. The van der Waals surface area contributed by atoms with Gasteiger partial charge in [-0.15, -0.1) is 0 Å². The van der Waals surface area contributed by atoms with E-state index in [2.05, 4.69) is 15.4 Å². The number of anilines is 1. The highest BCUT2D eigenvalue weighted by Gasteiger charge is 2.15. The number of nitrogens with one attached hydrogen (secondary N) is 1. The lowest BCUT2D eigenvalue weighted by molar-refractivity contribution is 0.102. The van der Waals surface area contributed by atoms with E-state index in [0.29, 0.717) is 16.5 Å². The van der Waals surface area contributed by atoms with E-state index in [1.165, 1.54) is 11.3 Å². The Kier molecular flexibility index (Phi) is 4.37. The summed E-state index contributed by atoms with van der Waals surface area (Å²) in [5.74, 6) is 1.19. The lowest BCUT2D eigenvalue weighted by Crippen LogP contribution is -2.15. The molecule has 2 aromatic heterocycles. The number of aromatic nitrogens is 3. The van der Waals surface area contributed by atoms with Crippen LogP contribution in [-0.2, 0) is 0 Å². The first kappa shape index (κ1) is 17.2. The van der Waals surface area contributed by atoms with Gasteiger partial charge in [-0.2, -0.15) is 9.78 Å². The highest BCUT2D eigenvalue weighted by Crippen LogP contribution is 2.30. The summed E-state index contributed by atoms with van der Waals surface area (Å²) in [5, 5.41) is 8.13. The first-order valence-electron chi connectivity index (χ1n) is 8.43. The third-order valence-electron chi connectivity index (χ3n) is 4.12. The fraction of sp³-hybridized carbons (Fsp3) is 0.150. The molecule has 1 N–H and O–H groups in total. The van der Waals surface area contributed by atoms with Crippen LogP contribution in [0.25, 0.3) is 15.3 Å². The minimum Gasteiger partial charge on any atom is -0.497 e. The van der Waals surface area contributed by atoms with E-state index < -0.39 is 0 Å². The molecule has 4 aromatic rings. The Hall–Kier alpha value is -3.19. The van der Waals surface area contributed by atoms with Gasteiger partial charge >= 0.3 is 0 Å². The summed E-state index contributed by atoms with van der Waals surface area (Å²) in [6, 6.07) is 15.0. The Morgan fingerprint density at radius 1 is 1.15 bits per heavy atom. The van der Waals surface area contributed by atoms with Crippen molar-refractivity contribution < 1.29 is 9.53 Å². The number of methoxy groups -OCH3 is 1. The molecule has 0 fully saturated rings. The van der Waals surface area contributed by atoms with Crippen LogP contribution >= 0.6 is 11.3 Å². The molecule has 7 heteroatoms. The zero-order chi connectivity index (χ0) is 19.0. The molecule has 1 amide bonds. The number of fused-ring (bicyclic) bond motifs is 1. The highest BCUT2D eigenvalue weighted by atomic mass is 32.1. The number of aryl methyl sites for hydroxylation is 2. The lowest BCUT2D eigenvalue weighted by atomic mass is 10.1. The number of rotatable bonds is 4. The maximum atomic E-state index is 12.6. The molecule has 0 aliphatic heterocycles. The molecule has 4 rings (SSSR count). The van der Waals surface area contributed by atoms with Crippen LogP contribution in [0, 0.1) is 13.8 Å². The summed E-state index contributed by atoms with van der Waals surface area (Å²) < 4.78 is 7.94. The summed E-state index contributed by atoms with van der Waals surface area (Å²) in [7, 11) is 1.64. The summed E-state index contributed by atoms with van der Waals surface area (Å²) in [6.45, 7) is 3.84. The fourth-order valence-corrected chi connectivity index (χ4v) is 3.78. The standard InChI is InChI=1S/C20H18N4O2S/c1-12-5-4-6-14(9-12)19(25)22-18-10-13(2)23-24(18)20-21-16-8-7-15(26-3)11-17(16)27-20/h4-11H,1-3H3,(H,22,25). The van der Waals surface area contributed by atoms with Gasteiger partial charge in [-0.05, 0) is 44.2 Å². The summed E-state index contributed by atoms with van der Waals surface area (Å²) >= 11 is 1.49. The zero-order valence-electron chi connectivity index (χ0n) is 15.2. The number of thiazole rings is 1. The second-order valence-corrected chi connectivity index (χ2v) is 7.25. The van der Waals surface area contributed by atoms with Gasteiger partial charge in [0.25, 0.3) is 5.91 Å². The van der Waals surface area contributed by atoms with Crippen molar-refractivity contribution in [2.24, 2.45) is 0 Å². The van der Waals surface area contributed by atoms with E-state index in [9.17, 15) is 4.79 Å². The Balaban J connectivity index is 1.70. The second-order valence-electron chi connectivity index (χ2n) is 6.24. The molecular weight excluding hydrogens is 360 g/mol. The SMILES string of the molecule is COc1ccc2nc(-n3nc(C)cc3NC(=O)c3cccc(C)c3)sc2c1. The van der Waals surface area contributed by atoms with Crippen molar-refractivity contribution in [2.45, 2.75) is 13.8 Å².